The van der Waals surface area contributed by atoms with E-state index in [1.807, 2.05) is 26.0 Å². The summed E-state index contributed by atoms with van der Waals surface area (Å²) in [6.07, 6.45) is 1.63. The summed E-state index contributed by atoms with van der Waals surface area (Å²) in [5, 5.41) is 11.8. The van der Waals surface area contributed by atoms with E-state index in [4.69, 9.17) is 10.00 Å². The van der Waals surface area contributed by atoms with E-state index in [1.165, 1.54) is 0 Å². The number of aryl methyl sites for hydroxylation is 1. The molecule has 2 aromatic heterocycles. The fourth-order valence-electron chi connectivity index (χ4n) is 1.50. The van der Waals surface area contributed by atoms with Crippen LogP contribution < -0.4 is 10.1 Å². The molecule has 0 aliphatic heterocycles. The van der Waals surface area contributed by atoms with E-state index in [0.29, 0.717) is 24.1 Å². The minimum Gasteiger partial charge on any atom is -0.478 e. The molecule has 0 saturated heterocycles. The Hall–Kier alpha value is -2.68. The number of anilines is 2. The third-order valence-corrected chi connectivity index (χ3v) is 2.25. The Balaban J connectivity index is 2.17. The van der Waals surface area contributed by atoms with Crippen molar-refractivity contribution in [3.05, 3.63) is 35.8 Å². The summed E-state index contributed by atoms with van der Waals surface area (Å²) in [6.45, 7) is 4.29. The summed E-state index contributed by atoms with van der Waals surface area (Å²) in [5.74, 6) is 0.943. The zero-order valence-corrected chi connectivity index (χ0v) is 10.7. The third-order valence-electron chi connectivity index (χ3n) is 2.25. The van der Waals surface area contributed by atoms with Gasteiger partial charge in [-0.3, -0.25) is 0 Å². The molecule has 0 aliphatic rings. The van der Waals surface area contributed by atoms with Gasteiger partial charge in [0.1, 0.15) is 11.8 Å². The average molecular weight is 255 g/mol. The maximum Gasteiger partial charge on any atom is 0.228 e. The van der Waals surface area contributed by atoms with Crippen LogP contribution in [0.15, 0.2) is 24.4 Å². The topological polar surface area (TPSA) is 83.7 Å². The Bertz CT molecular complexity index is 603. The van der Waals surface area contributed by atoms with Gasteiger partial charge in [-0.2, -0.15) is 5.26 Å². The smallest absolute Gasteiger partial charge is 0.228 e. The lowest BCUT2D eigenvalue weighted by Gasteiger charge is -2.06. The van der Waals surface area contributed by atoms with Crippen LogP contribution in [0.2, 0.25) is 0 Å². The van der Waals surface area contributed by atoms with Gasteiger partial charge in [-0.05, 0) is 26.0 Å². The minimum atomic E-state index is 0.328. The van der Waals surface area contributed by atoms with Crippen molar-refractivity contribution in [2.24, 2.45) is 0 Å². The van der Waals surface area contributed by atoms with Gasteiger partial charge in [0.25, 0.3) is 0 Å². The molecule has 0 radical (unpaired) electrons. The van der Waals surface area contributed by atoms with Gasteiger partial charge < -0.3 is 10.1 Å². The van der Waals surface area contributed by atoms with Crippen LogP contribution in [-0.4, -0.2) is 21.6 Å². The Morgan fingerprint density at radius 3 is 2.84 bits per heavy atom. The van der Waals surface area contributed by atoms with Crippen LogP contribution in [0.1, 0.15) is 18.3 Å². The van der Waals surface area contributed by atoms with Crippen LogP contribution in [0.5, 0.6) is 5.88 Å². The predicted molar refractivity (Wildman–Crippen MR) is 70.2 cm³/mol. The molecule has 0 aromatic carbocycles. The van der Waals surface area contributed by atoms with Crippen molar-refractivity contribution in [3.8, 4) is 11.9 Å². The molecule has 0 aliphatic carbocycles. The summed E-state index contributed by atoms with van der Waals surface area (Å²) < 4.78 is 5.25. The van der Waals surface area contributed by atoms with Gasteiger partial charge in [-0.25, -0.2) is 15.0 Å². The molecule has 0 unspecified atom stereocenters. The fourth-order valence-corrected chi connectivity index (χ4v) is 1.50. The van der Waals surface area contributed by atoms with Gasteiger partial charge in [0.15, 0.2) is 0 Å². The molecule has 2 aromatic rings. The summed E-state index contributed by atoms with van der Waals surface area (Å²) in [6, 6.07) is 7.19. The standard InChI is InChI=1S/C13H13N5O/c1-3-19-12-5-4-10(8-15-12)17-13-16-9(2)6-11(7-14)18-13/h4-6,8H,3H2,1-2H3,(H,16,17,18). The van der Waals surface area contributed by atoms with Crippen molar-refractivity contribution in [3.63, 3.8) is 0 Å². The largest absolute Gasteiger partial charge is 0.478 e. The van der Waals surface area contributed by atoms with Crippen LogP contribution in [0.3, 0.4) is 0 Å². The highest BCUT2D eigenvalue weighted by atomic mass is 16.5. The second-order valence-electron chi connectivity index (χ2n) is 3.77. The quantitative estimate of drug-likeness (QED) is 0.901. The monoisotopic (exact) mass is 255 g/mol. The third kappa shape index (κ3) is 3.39. The first-order chi connectivity index (χ1) is 9.21. The number of hydrogen-bond acceptors (Lipinski definition) is 6. The molecule has 0 amide bonds. The van der Waals surface area contributed by atoms with Gasteiger partial charge in [0.05, 0.1) is 18.5 Å². The molecule has 19 heavy (non-hydrogen) atoms. The Morgan fingerprint density at radius 1 is 1.37 bits per heavy atom. The predicted octanol–water partition coefficient (Wildman–Crippen LogP) is 2.19. The number of ether oxygens (including phenoxy) is 1. The molecule has 2 heterocycles. The zero-order valence-electron chi connectivity index (χ0n) is 10.7. The normalized spacial score (nSPS) is 9.74. The van der Waals surface area contributed by atoms with Crippen LogP contribution in [-0.2, 0) is 0 Å². The highest BCUT2D eigenvalue weighted by Gasteiger charge is 2.03. The van der Waals surface area contributed by atoms with Crippen LogP contribution in [0.4, 0.5) is 11.6 Å². The van der Waals surface area contributed by atoms with Gasteiger partial charge in [-0.1, -0.05) is 0 Å². The van der Waals surface area contributed by atoms with Gasteiger partial charge >= 0.3 is 0 Å². The zero-order chi connectivity index (χ0) is 13.7. The minimum absolute atomic E-state index is 0.328. The molecular weight excluding hydrogens is 242 g/mol. The molecule has 0 atom stereocenters. The molecule has 0 bridgehead atoms. The molecule has 96 valence electrons. The van der Waals surface area contributed by atoms with Gasteiger partial charge in [0, 0.05) is 11.8 Å². The Kier molecular flexibility index (Phi) is 3.88. The summed E-state index contributed by atoms with van der Waals surface area (Å²) in [4.78, 5) is 12.4. The van der Waals surface area contributed by atoms with E-state index in [2.05, 4.69) is 20.3 Å². The fraction of sp³-hybridized carbons (Fsp3) is 0.231. The van der Waals surface area contributed by atoms with E-state index in [9.17, 15) is 0 Å². The lowest BCUT2D eigenvalue weighted by atomic mass is 10.3. The van der Waals surface area contributed by atoms with Crippen LogP contribution >= 0.6 is 0 Å². The van der Waals surface area contributed by atoms with Crippen LogP contribution in [0.25, 0.3) is 0 Å². The highest BCUT2D eigenvalue weighted by molar-refractivity contribution is 5.52. The maximum absolute atomic E-state index is 8.85. The van der Waals surface area contributed by atoms with E-state index in [0.717, 1.165) is 11.4 Å². The first-order valence-electron chi connectivity index (χ1n) is 5.83. The molecule has 0 saturated carbocycles. The van der Waals surface area contributed by atoms with Crippen LogP contribution in [0, 0.1) is 18.3 Å². The molecule has 0 spiro atoms. The Morgan fingerprint density at radius 2 is 2.21 bits per heavy atom. The van der Waals surface area contributed by atoms with E-state index in [-0.39, 0.29) is 0 Å². The molecular formula is C13H13N5O. The van der Waals surface area contributed by atoms with Crippen molar-refractivity contribution < 1.29 is 4.74 Å². The number of nitrogens with one attached hydrogen (secondary N) is 1. The molecule has 6 nitrogen and oxygen atoms in total. The molecule has 0 fully saturated rings. The van der Waals surface area contributed by atoms with E-state index >= 15 is 0 Å². The lowest BCUT2D eigenvalue weighted by molar-refractivity contribution is 0.327. The maximum atomic E-state index is 8.85. The number of rotatable bonds is 4. The number of nitriles is 1. The second kappa shape index (κ2) is 5.78. The van der Waals surface area contributed by atoms with E-state index < -0.39 is 0 Å². The highest BCUT2D eigenvalue weighted by Crippen LogP contribution is 2.15. The Labute approximate surface area is 111 Å². The van der Waals surface area contributed by atoms with Crippen molar-refractivity contribution in [1.82, 2.24) is 15.0 Å². The number of pyridine rings is 1. The molecule has 2 rings (SSSR count). The van der Waals surface area contributed by atoms with Gasteiger partial charge in [0.2, 0.25) is 11.8 Å². The SMILES string of the molecule is CCOc1ccc(Nc2nc(C)cc(C#N)n2)cn1. The summed E-state index contributed by atoms with van der Waals surface area (Å²) in [7, 11) is 0. The van der Waals surface area contributed by atoms with Gasteiger partial charge in [-0.15, -0.1) is 0 Å². The lowest BCUT2D eigenvalue weighted by Crippen LogP contribution is -2.01. The van der Waals surface area contributed by atoms with E-state index in [1.54, 1.807) is 18.3 Å². The van der Waals surface area contributed by atoms with Crippen molar-refractivity contribution >= 4 is 11.6 Å². The first-order valence-corrected chi connectivity index (χ1v) is 5.83. The molecule has 6 heteroatoms. The second-order valence-corrected chi connectivity index (χ2v) is 3.77. The number of nitrogens with zero attached hydrogens (tertiary/aromatic N) is 4. The molecule has 1 N–H and O–H groups in total. The average Bonchev–Trinajstić information content (AvgIpc) is 2.40. The first kappa shape index (κ1) is 12.8. The summed E-state index contributed by atoms with van der Waals surface area (Å²) in [5.41, 5.74) is 1.79. The number of hydrogen-bond donors (Lipinski definition) is 1. The summed E-state index contributed by atoms with van der Waals surface area (Å²) >= 11 is 0. The van der Waals surface area contributed by atoms with Crippen molar-refractivity contribution in [2.45, 2.75) is 13.8 Å². The van der Waals surface area contributed by atoms with Crippen molar-refractivity contribution in [2.75, 3.05) is 11.9 Å². The number of aromatic nitrogens is 3. The van der Waals surface area contributed by atoms with Crippen molar-refractivity contribution in [1.29, 1.82) is 5.26 Å².